The number of amides is 2. The van der Waals surface area contributed by atoms with Gasteiger partial charge in [0.1, 0.15) is 17.2 Å². The molecule has 0 unspecified atom stereocenters. The standard InChI is InChI=1S/C33H42F2N6O3/c1-21-14-25(34)10-12-28(21)29-11-9-24(15-30(29)35)31(42)40-13-7-8-27(40)20-39-18-26(36-37-39)19-41-22(2)16-38(17-23(41)3)32(43)44-33(4,5)6/h9-12,14-15,18,22-23,27H,7-8,13,16-17,19-20H2,1-6H3/t22-,23+,27-/m1/s1. The smallest absolute Gasteiger partial charge is 0.410 e. The molecule has 0 bridgehead atoms. The number of carbonyl (C=O) groups is 2. The van der Waals surface area contributed by atoms with Crippen LogP contribution in [-0.2, 0) is 17.8 Å². The highest BCUT2D eigenvalue weighted by Crippen LogP contribution is 2.29. The van der Waals surface area contributed by atoms with Crippen LogP contribution in [0.1, 0.15) is 69.1 Å². The zero-order chi connectivity index (χ0) is 31.8. The van der Waals surface area contributed by atoms with Crippen LogP contribution in [-0.4, -0.2) is 85.1 Å². The molecule has 236 valence electrons. The van der Waals surface area contributed by atoms with Gasteiger partial charge in [-0.05, 0) is 89.8 Å². The summed E-state index contributed by atoms with van der Waals surface area (Å²) in [4.78, 5) is 32.0. The minimum atomic E-state index is -0.538. The quantitative estimate of drug-likeness (QED) is 0.359. The fraction of sp³-hybridized carbons (Fsp3) is 0.515. The van der Waals surface area contributed by atoms with Gasteiger partial charge in [-0.3, -0.25) is 14.4 Å². The molecule has 1 aromatic heterocycles. The Balaban J connectivity index is 1.21. The molecule has 3 heterocycles. The maximum absolute atomic E-state index is 15.2. The van der Waals surface area contributed by atoms with Crippen molar-refractivity contribution in [2.45, 2.75) is 91.2 Å². The zero-order valence-corrected chi connectivity index (χ0v) is 26.4. The van der Waals surface area contributed by atoms with Crippen molar-refractivity contribution in [3.63, 3.8) is 0 Å². The predicted molar refractivity (Wildman–Crippen MR) is 163 cm³/mol. The second-order valence-electron chi connectivity index (χ2n) is 13.1. The molecule has 9 nitrogen and oxygen atoms in total. The first kappa shape index (κ1) is 31.6. The molecule has 44 heavy (non-hydrogen) atoms. The first-order chi connectivity index (χ1) is 20.8. The Labute approximate surface area is 257 Å². The molecule has 2 aliphatic rings. The molecule has 0 saturated carbocycles. The first-order valence-electron chi connectivity index (χ1n) is 15.3. The third-order valence-electron chi connectivity index (χ3n) is 8.41. The topological polar surface area (TPSA) is 83.8 Å². The molecule has 0 spiro atoms. The van der Waals surface area contributed by atoms with Crippen LogP contribution in [0.25, 0.3) is 11.1 Å². The number of rotatable bonds is 6. The van der Waals surface area contributed by atoms with Crippen LogP contribution in [0.15, 0.2) is 42.6 Å². The molecule has 2 amide bonds. The average Bonchev–Trinajstić information content (AvgIpc) is 3.59. The van der Waals surface area contributed by atoms with Crippen molar-refractivity contribution in [2.75, 3.05) is 19.6 Å². The lowest BCUT2D eigenvalue weighted by atomic mass is 9.98. The Kier molecular flexibility index (Phi) is 9.06. The number of likely N-dealkylation sites (tertiary alicyclic amines) is 1. The van der Waals surface area contributed by atoms with Crippen LogP contribution in [0, 0.1) is 18.6 Å². The highest BCUT2D eigenvalue weighted by Gasteiger charge is 2.35. The van der Waals surface area contributed by atoms with Gasteiger partial charge in [0, 0.05) is 55.6 Å². The van der Waals surface area contributed by atoms with Crippen molar-refractivity contribution < 1.29 is 23.1 Å². The minimum absolute atomic E-state index is 0.0886. The Morgan fingerprint density at radius 3 is 2.39 bits per heavy atom. The molecule has 2 saturated heterocycles. The summed E-state index contributed by atoms with van der Waals surface area (Å²) < 4.78 is 36.1. The lowest BCUT2D eigenvalue weighted by Crippen LogP contribution is -2.58. The molecule has 0 radical (unpaired) electrons. The van der Waals surface area contributed by atoms with Crippen molar-refractivity contribution in [3.05, 3.63) is 71.1 Å². The van der Waals surface area contributed by atoms with E-state index in [0.29, 0.717) is 49.4 Å². The summed E-state index contributed by atoms with van der Waals surface area (Å²) in [5.74, 6) is -1.11. The Hall–Kier alpha value is -3.86. The number of nitrogens with zero attached hydrogens (tertiary/aromatic N) is 6. The minimum Gasteiger partial charge on any atom is -0.444 e. The predicted octanol–water partition coefficient (Wildman–Crippen LogP) is 5.67. The van der Waals surface area contributed by atoms with Gasteiger partial charge in [0.05, 0.1) is 18.3 Å². The molecule has 11 heteroatoms. The van der Waals surface area contributed by atoms with E-state index in [-0.39, 0.29) is 41.5 Å². The van der Waals surface area contributed by atoms with Crippen molar-refractivity contribution in [3.8, 4) is 11.1 Å². The Morgan fingerprint density at radius 1 is 1.02 bits per heavy atom. The third kappa shape index (κ3) is 7.09. The zero-order valence-electron chi connectivity index (χ0n) is 26.4. The van der Waals surface area contributed by atoms with Gasteiger partial charge in [0.15, 0.2) is 0 Å². The number of hydrogen-bond acceptors (Lipinski definition) is 6. The van der Waals surface area contributed by atoms with E-state index in [9.17, 15) is 14.0 Å². The molecule has 3 aromatic rings. The number of halogens is 2. The number of aromatic nitrogens is 3. The number of carbonyl (C=O) groups excluding carboxylic acids is 2. The second kappa shape index (κ2) is 12.6. The van der Waals surface area contributed by atoms with Gasteiger partial charge in [0.2, 0.25) is 0 Å². The molecular formula is C33H42F2N6O3. The van der Waals surface area contributed by atoms with Crippen LogP contribution in [0.2, 0.25) is 0 Å². The maximum atomic E-state index is 15.2. The van der Waals surface area contributed by atoms with Gasteiger partial charge >= 0.3 is 6.09 Å². The van der Waals surface area contributed by atoms with Crippen molar-refractivity contribution >= 4 is 12.0 Å². The van der Waals surface area contributed by atoms with E-state index >= 15 is 4.39 Å². The number of hydrogen-bond donors (Lipinski definition) is 0. The summed E-state index contributed by atoms with van der Waals surface area (Å²) in [6, 6.07) is 8.85. The normalized spacial score (nSPS) is 21.1. The summed E-state index contributed by atoms with van der Waals surface area (Å²) in [5.41, 5.74) is 2.12. The van der Waals surface area contributed by atoms with Gasteiger partial charge in [-0.15, -0.1) is 5.10 Å². The second-order valence-corrected chi connectivity index (χ2v) is 13.1. The monoisotopic (exact) mass is 608 g/mol. The lowest BCUT2D eigenvalue weighted by Gasteiger charge is -2.44. The summed E-state index contributed by atoms with van der Waals surface area (Å²) >= 11 is 0. The van der Waals surface area contributed by atoms with E-state index in [2.05, 4.69) is 29.1 Å². The fourth-order valence-corrected chi connectivity index (χ4v) is 6.30. The summed E-state index contributed by atoms with van der Waals surface area (Å²) in [5, 5.41) is 8.75. The van der Waals surface area contributed by atoms with Crippen LogP contribution >= 0.6 is 0 Å². The SMILES string of the molecule is Cc1cc(F)ccc1-c1ccc(C(=O)N2CCC[C@@H]2Cn2cc(CN3[C@H](C)CN(C(=O)OC(C)(C)C)C[C@@H]3C)nn2)cc1F. The molecule has 2 aromatic carbocycles. The highest BCUT2D eigenvalue weighted by atomic mass is 19.1. The van der Waals surface area contributed by atoms with E-state index in [0.717, 1.165) is 18.5 Å². The number of benzene rings is 2. The van der Waals surface area contributed by atoms with Crippen LogP contribution in [0.3, 0.4) is 0 Å². The van der Waals surface area contributed by atoms with E-state index in [1.165, 1.54) is 18.2 Å². The molecule has 3 atom stereocenters. The van der Waals surface area contributed by atoms with Crippen LogP contribution in [0.4, 0.5) is 13.6 Å². The highest BCUT2D eigenvalue weighted by molar-refractivity contribution is 5.95. The van der Waals surface area contributed by atoms with Gasteiger partial charge in [-0.2, -0.15) is 0 Å². The van der Waals surface area contributed by atoms with Crippen LogP contribution < -0.4 is 0 Å². The fourth-order valence-electron chi connectivity index (χ4n) is 6.30. The first-order valence-corrected chi connectivity index (χ1v) is 15.3. The number of aryl methyl sites for hydroxylation is 1. The van der Waals surface area contributed by atoms with Gasteiger partial charge in [-0.25, -0.2) is 13.6 Å². The van der Waals surface area contributed by atoms with E-state index in [1.54, 1.807) is 39.6 Å². The summed E-state index contributed by atoms with van der Waals surface area (Å²) in [6.45, 7) is 14.3. The van der Waals surface area contributed by atoms with E-state index in [1.807, 2.05) is 27.0 Å². The van der Waals surface area contributed by atoms with Gasteiger partial charge < -0.3 is 14.5 Å². The number of ether oxygens (including phenoxy) is 1. The van der Waals surface area contributed by atoms with Crippen molar-refractivity contribution in [1.82, 2.24) is 29.7 Å². The lowest BCUT2D eigenvalue weighted by molar-refractivity contribution is -0.00997. The van der Waals surface area contributed by atoms with E-state index < -0.39 is 11.4 Å². The van der Waals surface area contributed by atoms with Gasteiger partial charge in [-0.1, -0.05) is 17.3 Å². The molecule has 2 aliphatic heterocycles. The van der Waals surface area contributed by atoms with Crippen molar-refractivity contribution in [1.29, 1.82) is 0 Å². The maximum Gasteiger partial charge on any atom is 0.410 e. The van der Waals surface area contributed by atoms with Gasteiger partial charge in [0.25, 0.3) is 5.91 Å². The Morgan fingerprint density at radius 2 is 1.73 bits per heavy atom. The van der Waals surface area contributed by atoms with Crippen LogP contribution in [0.5, 0.6) is 0 Å². The molecular weight excluding hydrogens is 566 g/mol. The van der Waals surface area contributed by atoms with Crippen molar-refractivity contribution in [2.24, 2.45) is 0 Å². The number of piperazine rings is 1. The third-order valence-corrected chi connectivity index (χ3v) is 8.41. The summed E-state index contributed by atoms with van der Waals surface area (Å²) in [6.07, 6.45) is 3.29. The average molecular weight is 609 g/mol. The Bertz CT molecular complexity index is 1510. The largest absolute Gasteiger partial charge is 0.444 e. The van der Waals surface area contributed by atoms with E-state index in [4.69, 9.17) is 4.74 Å². The molecule has 2 fully saturated rings. The molecule has 5 rings (SSSR count). The summed E-state index contributed by atoms with van der Waals surface area (Å²) in [7, 11) is 0. The molecule has 0 aliphatic carbocycles. The molecule has 0 N–H and O–H groups in total.